The van der Waals surface area contributed by atoms with Gasteiger partial charge in [-0.25, -0.2) is 0 Å². The Labute approximate surface area is 137 Å². The highest BCUT2D eigenvalue weighted by molar-refractivity contribution is 5.94. The van der Waals surface area contributed by atoms with E-state index >= 15 is 0 Å². The maximum atomic E-state index is 12.0. The fraction of sp³-hybridized carbons (Fsp3) is 0.588. The van der Waals surface area contributed by atoms with E-state index in [0.717, 1.165) is 13.0 Å². The molecule has 1 aliphatic rings. The number of nitrogens with one attached hydrogen (secondary N) is 1. The summed E-state index contributed by atoms with van der Waals surface area (Å²) in [4.78, 5) is 24.6. The highest BCUT2D eigenvalue weighted by Gasteiger charge is 2.17. The molecule has 1 aliphatic carbocycles. The molecule has 0 atom stereocenters. The first-order valence-electron chi connectivity index (χ1n) is 8.31. The normalized spacial score (nSPS) is 15.6. The van der Waals surface area contributed by atoms with Gasteiger partial charge < -0.3 is 10.2 Å². The number of amides is 1. The van der Waals surface area contributed by atoms with E-state index < -0.39 is 4.92 Å². The number of nitro benzene ring substituents is 1. The summed E-state index contributed by atoms with van der Waals surface area (Å²) in [5.74, 6) is -0.256. The van der Waals surface area contributed by atoms with Gasteiger partial charge in [0, 0.05) is 30.3 Å². The van der Waals surface area contributed by atoms with E-state index in [4.69, 9.17) is 0 Å². The molecule has 1 saturated carbocycles. The number of nitro groups is 1. The second kappa shape index (κ2) is 8.62. The minimum atomic E-state index is -0.490. The molecular formula is C17H25N3O3. The van der Waals surface area contributed by atoms with Crippen LogP contribution in [0, 0.1) is 10.1 Å². The van der Waals surface area contributed by atoms with Gasteiger partial charge in [0.1, 0.15) is 0 Å². The van der Waals surface area contributed by atoms with Crippen LogP contribution in [0.4, 0.5) is 5.69 Å². The predicted molar refractivity (Wildman–Crippen MR) is 89.5 cm³/mol. The Kier molecular flexibility index (Phi) is 6.52. The lowest BCUT2D eigenvalue weighted by Gasteiger charge is -2.31. The minimum Gasteiger partial charge on any atom is -0.352 e. The van der Waals surface area contributed by atoms with Gasteiger partial charge in [-0.2, -0.15) is 0 Å². The van der Waals surface area contributed by atoms with Crippen LogP contribution in [0.15, 0.2) is 24.3 Å². The van der Waals surface area contributed by atoms with E-state index in [1.54, 1.807) is 6.07 Å². The highest BCUT2D eigenvalue weighted by Crippen LogP contribution is 2.21. The lowest BCUT2D eigenvalue weighted by Crippen LogP contribution is -2.35. The summed E-state index contributed by atoms with van der Waals surface area (Å²) in [5, 5.41) is 13.6. The Morgan fingerprint density at radius 3 is 2.78 bits per heavy atom. The zero-order chi connectivity index (χ0) is 16.7. The lowest BCUT2D eigenvalue weighted by molar-refractivity contribution is -0.384. The van der Waals surface area contributed by atoms with Gasteiger partial charge >= 0.3 is 0 Å². The first-order valence-corrected chi connectivity index (χ1v) is 8.31. The first kappa shape index (κ1) is 17.4. The van der Waals surface area contributed by atoms with Gasteiger partial charge in [0.15, 0.2) is 0 Å². The molecule has 0 spiro atoms. The van der Waals surface area contributed by atoms with Crippen LogP contribution < -0.4 is 5.32 Å². The average Bonchev–Trinajstić information content (AvgIpc) is 2.59. The number of non-ortho nitro benzene ring substituents is 1. The molecule has 1 fully saturated rings. The number of rotatable bonds is 7. The average molecular weight is 319 g/mol. The summed E-state index contributed by atoms with van der Waals surface area (Å²) >= 11 is 0. The van der Waals surface area contributed by atoms with Crippen molar-refractivity contribution in [1.29, 1.82) is 0 Å². The van der Waals surface area contributed by atoms with E-state index in [1.165, 1.54) is 50.3 Å². The second-order valence-corrected chi connectivity index (χ2v) is 6.19. The van der Waals surface area contributed by atoms with Crippen molar-refractivity contribution in [2.45, 2.75) is 44.6 Å². The van der Waals surface area contributed by atoms with Crippen molar-refractivity contribution in [3.05, 3.63) is 39.9 Å². The van der Waals surface area contributed by atoms with Crippen LogP contribution in [0.5, 0.6) is 0 Å². The fourth-order valence-corrected chi connectivity index (χ4v) is 3.10. The first-order chi connectivity index (χ1) is 11.1. The predicted octanol–water partition coefficient (Wildman–Crippen LogP) is 2.98. The monoisotopic (exact) mass is 319 g/mol. The third kappa shape index (κ3) is 5.32. The van der Waals surface area contributed by atoms with Crippen molar-refractivity contribution in [2.24, 2.45) is 0 Å². The molecule has 0 aromatic heterocycles. The van der Waals surface area contributed by atoms with Crippen molar-refractivity contribution in [3.8, 4) is 0 Å². The third-order valence-corrected chi connectivity index (χ3v) is 4.49. The van der Waals surface area contributed by atoms with Gasteiger partial charge in [0.2, 0.25) is 0 Å². The Bertz CT molecular complexity index is 542. The molecule has 6 nitrogen and oxygen atoms in total. The van der Waals surface area contributed by atoms with Crippen molar-refractivity contribution in [1.82, 2.24) is 10.2 Å². The number of nitrogens with zero attached hydrogens (tertiary/aromatic N) is 2. The van der Waals surface area contributed by atoms with Crippen molar-refractivity contribution >= 4 is 11.6 Å². The van der Waals surface area contributed by atoms with E-state index in [-0.39, 0.29) is 11.6 Å². The van der Waals surface area contributed by atoms with Crippen LogP contribution in [0.25, 0.3) is 0 Å². The van der Waals surface area contributed by atoms with Gasteiger partial charge in [0.05, 0.1) is 4.92 Å². The van der Waals surface area contributed by atoms with Crippen LogP contribution in [-0.2, 0) is 0 Å². The molecule has 0 heterocycles. The molecule has 23 heavy (non-hydrogen) atoms. The largest absolute Gasteiger partial charge is 0.352 e. The summed E-state index contributed by atoms with van der Waals surface area (Å²) < 4.78 is 0. The van der Waals surface area contributed by atoms with E-state index in [9.17, 15) is 14.9 Å². The standard InChI is InChI=1S/C17H25N3O3/c1-19(15-8-3-2-4-9-15)12-6-11-18-17(21)14-7-5-10-16(13-14)20(22)23/h5,7,10,13,15H,2-4,6,8-9,11-12H2,1H3,(H,18,21). The number of benzene rings is 1. The number of hydrogen-bond donors (Lipinski definition) is 1. The van der Waals surface area contributed by atoms with Gasteiger partial charge in [-0.1, -0.05) is 25.3 Å². The molecule has 0 radical (unpaired) electrons. The fourth-order valence-electron chi connectivity index (χ4n) is 3.10. The van der Waals surface area contributed by atoms with E-state index in [2.05, 4.69) is 17.3 Å². The molecule has 0 unspecified atom stereocenters. The zero-order valence-corrected chi connectivity index (χ0v) is 13.7. The molecule has 2 rings (SSSR count). The zero-order valence-electron chi connectivity index (χ0n) is 13.7. The van der Waals surface area contributed by atoms with Gasteiger partial charge in [-0.3, -0.25) is 14.9 Å². The maximum Gasteiger partial charge on any atom is 0.270 e. The molecule has 0 saturated heterocycles. The molecule has 0 aliphatic heterocycles. The molecule has 1 N–H and O–H groups in total. The van der Waals surface area contributed by atoms with E-state index in [1.807, 2.05) is 0 Å². The van der Waals surface area contributed by atoms with Crippen molar-refractivity contribution in [2.75, 3.05) is 20.1 Å². The van der Waals surface area contributed by atoms with Gasteiger partial charge in [-0.05, 0) is 38.9 Å². The molecule has 1 aromatic rings. The van der Waals surface area contributed by atoms with Crippen LogP contribution in [0.3, 0.4) is 0 Å². The summed E-state index contributed by atoms with van der Waals surface area (Å²) in [6, 6.07) is 6.50. The van der Waals surface area contributed by atoms with Crippen LogP contribution in [0.1, 0.15) is 48.9 Å². The molecule has 0 bridgehead atoms. The molecule has 6 heteroatoms. The Hall–Kier alpha value is -1.95. The van der Waals surface area contributed by atoms with Crippen molar-refractivity contribution in [3.63, 3.8) is 0 Å². The van der Waals surface area contributed by atoms with Crippen LogP contribution >= 0.6 is 0 Å². The molecule has 1 amide bonds. The topological polar surface area (TPSA) is 75.5 Å². The van der Waals surface area contributed by atoms with Crippen LogP contribution in [0.2, 0.25) is 0 Å². The number of carbonyl (C=O) groups is 1. The Morgan fingerprint density at radius 2 is 2.09 bits per heavy atom. The highest BCUT2D eigenvalue weighted by atomic mass is 16.6. The van der Waals surface area contributed by atoms with Gasteiger partial charge in [0.25, 0.3) is 11.6 Å². The number of carbonyl (C=O) groups excluding carboxylic acids is 1. The van der Waals surface area contributed by atoms with Gasteiger partial charge in [-0.15, -0.1) is 0 Å². The van der Waals surface area contributed by atoms with Crippen molar-refractivity contribution < 1.29 is 9.72 Å². The van der Waals surface area contributed by atoms with Crippen LogP contribution in [-0.4, -0.2) is 41.9 Å². The Morgan fingerprint density at radius 1 is 1.35 bits per heavy atom. The van der Waals surface area contributed by atoms with E-state index in [0.29, 0.717) is 18.2 Å². The third-order valence-electron chi connectivity index (χ3n) is 4.49. The summed E-state index contributed by atoms with van der Waals surface area (Å²) in [6.07, 6.45) is 7.42. The Balaban J connectivity index is 1.72. The SMILES string of the molecule is CN(CCCNC(=O)c1cccc([N+](=O)[O-])c1)C1CCCCC1. The number of hydrogen-bond acceptors (Lipinski definition) is 4. The lowest BCUT2D eigenvalue weighted by atomic mass is 9.94. The molecular weight excluding hydrogens is 294 g/mol. The summed E-state index contributed by atoms with van der Waals surface area (Å²) in [6.45, 7) is 1.54. The second-order valence-electron chi connectivity index (χ2n) is 6.19. The quantitative estimate of drug-likeness (QED) is 0.476. The molecule has 126 valence electrons. The summed E-state index contributed by atoms with van der Waals surface area (Å²) in [7, 11) is 2.15. The minimum absolute atomic E-state index is 0.0605. The maximum absolute atomic E-state index is 12.0. The molecule has 1 aromatic carbocycles. The smallest absolute Gasteiger partial charge is 0.270 e. The summed E-state index contributed by atoms with van der Waals surface area (Å²) in [5.41, 5.74) is 0.273.